The van der Waals surface area contributed by atoms with Crippen LogP contribution in [0.25, 0.3) is 5.53 Å². The van der Waals surface area contributed by atoms with Crippen molar-refractivity contribution in [3.8, 4) is 0 Å². The van der Waals surface area contributed by atoms with Gasteiger partial charge >= 0.3 is 10.0 Å². The van der Waals surface area contributed by atoms with Crippen LogP contribution >= 0.6 is 0 Å². The first-order chi connectivity index (χ1) is 5.17. The van der Waals surface area contributed by atoms with Gasteiger partial charge in [-0.05, 0) is 12.1 Å². The van der Waals surface area contributed by atoms with Gasteiger partial charge in [-0.1, -0.05) is 18.2 Å². The number of benzene rings is 1. The molecule has 4 nitrogen and oxygen atoms in total. The Morgan fingerprint density at radius 1 is 1.18 bits per heavy atom. The van der Waals surface area contributed by atoms with E-state index in [1.54, 1.807) is 18.2 Å². The molecule has 0 bridgehead atoms. The number of hydrogen-bond acceptors (Lipinski definition) is 2. The summed E-state index contributed by atoms with van der Waals surface area (Å²) in [6.45, 7) is 0. The third kappa shape index (κ3) is 1.62. The van der Waals surface area contributed by atoms with Gasteiger partial charge in [-0.15, -0.1) is 0 Å². The summed E-state index contributed by atoms with van der Waals surface area (Å²) < 4.78 is 23.8. The molecule has 0 aliphatic rings. The predicted molar refractivity (Wildman–Crippen MR) is 39.1 cm³/mol. The molecule has 0 spiro atoms. The summed E-state index contributed by atoms with van der Waals surface area (Å²) in [5.74, 6) is 0. The van der Waals surface area contributed by atoms with Crippen molar-refractivity contribution in [1.29, 1.82) is 0 Å². The first-order valence-corrected chi connectivity index (χ1v) is 4.27. The van der Waals surface area contributed by atoms with E-state index in [9.17, 15) is 8.42 Å². The van der Waals surface area contributed by atoms with Gasteiger partial charge in [-0.2, -0.15) is 8.42 Å². The predicted octanol–water partition coefficient (Wildman–Crippen LogP) is 0.733. The molecule has 0 aliphatic heterocycles. The second-order valence-corrected chi connectivity index (χ2v) is 3.45. The first kappa shape index (κ1) is 7.87. The molecule has 0 heterocycles. The third-order valence-electron chi connectivity index (χ3n) is 1.15. The Hall–Kier alpha value is -1.23. The zero-order valence-electron chi connectivity index (χ0n) is 5.51. The maximum absolute atomic E-state index is 10.8. The molecular weight excluding hydrogens is 164 g/mol. The van der Waals surface area contributed by atoms with Gasteiger partial charge in [0.2, 0.25) is 0 Å². The molecule has 0 unspecified atom stereocenters. The summed E-state index contributed by atoms with van der Waals surface area (Å²) >= 11 is 0. The van der Waals surface area contributed by atoms with E-state index < -0.39 is 10.0 Å². The summed E-state index contributed by atoms with van der Waals surface area (Å²) in [6, 6.07) is 7.50. The lowest BCUT2D eigenvalue weighted by molar-refractivity contribution is 0.593. The Morgan fingerprint density at radius 3 is 2.18 bits per heavy atom. The second-order valence-electron chi connectivity index (χ2n) is 1.87. The molecule has 57 valence electrons. The van der Waals surface area contributed by atoms with Crippen LogP contribution in [0.1, 0.15) is 0 Å². The molecule has 5 heteroatoms. The molecule has 0 saturated carbocycles. The fourth-order valence-electron chi connectivity index (χ4n) is 0.640. The summed E-state index contributed by atoms with van der Waals surface area (Å²) in [6.07, 6.45) is 0. The van der Waals surface area contributed by atoms with Gasteiger partial charge < -0.3 is 5.53 Å². The quantitative estimate of drug-likeness (QED) is 0.612. The maximum Gasteiger partial charge on any atom is 0.444 e. The van der Waals surface area contributed by atoms with Crippen molar-refractivity contribution in [2.75, 3.05) is 0 Å². The molecule has 0 fully saturated rings. The molecule has 11 heavy (non-hydrogen) atoms. The topological polar surface area (TPSA) is 70.5 Å². The average Bonchev–Trinajstić information content (AvgIpc) is 2.06. The zero-order valence-corrected chi connectivity index (χ0v) is 6.32. The lowest BCUT2D eigenvalue weighted by Crippen LogP contribution is -2.03. The number of hydrogen-bond donors (Lipinski definition) is 0. The fraction of sp³-hybridized carbons (Fsp3) is 0. The monoisotopic (exact) mass is 169 g/mol. The van der Waals surface area contributed by atoms with Crippen molar-refractivity contribution in [2.24, 2.45) is 0 Å². The van der Waals surface area contributed by atoms with E-state index >= 15 is 0 Å². The van der Waals surface area contributed by atoms with Gasteiger partial charge in [0.1, 0.15) is 4.90 Å². The lowest BCUT2D eigenvalue weighted by Gasteiger charge is -1.87. The zero-order chi connectivity index (χ0) is 8.32. The van der Waals surface area contributed by atoms with Crippen molar-refractivity contribution in [3.05, 3.63) is 35.9 Å². The van der Waals surface area contributed by atoms with E-state index in [0.29, 0.717) is 0 Å². The molecule has 0 aromatic heterocycles. The Balaban J connectivity index is 3.24. The summed E-state index contributed by atoms with van der Waals surface area (Å²) in [5.41, 5.74) is 8.08. The molecule has 1 aromatic rings. The number of sulfonamides is 1. The normalized spacial score (nSPS) is 10.9. The molecule has 0 saturated heterocycles. The van der Waals surface area contributed by atoms with Gasteiger partial charge in [0.15, 0.2) is 0 Å². The van der Waals surface area contributed by atoms with Gasteiger partial charge in [0, 0.05) is 0 Å². The molecule has 0 atom stereocenters. The van der Waals surface area contributed by atoms with Gasteiger partial charge in [0.05, 0.1) is 4.52 Å². The summed E-state index contributed by atoms with van der Waals surface area (Å²) in [4.78, 5) is -0.0116. The highest BCUT2D eigenvalue weighted by molar-refractivity contribution is 7.89. The van der Waals surface area contributed by atoms with E-state index in [-0.39, 0.29) is 4.90 Å². The SMILES string of the molecule is [N-]=[N+]S(=O)(=O)c1ccccc1. The Kier molecular flexibility index (Phi) is 2.00. The van der Waals surface area contributed by atoms with Crippen molar-refractivity contribution >= 4 is 10.0 Å². The van der Waals surface area contributed by atoms with Crippen LogP contribution in [0.4, 0.5) is 0 Å². The molecule has 1 radical (unpaired) electrons. The van der Waals surface area contributed by atoms with E-state index in [1.165, 1.54) is 12.1 Å². The smallest absolute Gasteiger partial charge is 0.409 e. The molecule has 0 amide bonds. The van der Waals surface area contributed by atoms with Crippen molar-refractivity contribution in [1.82, 2.24) is 4.52 Å². The van der Waals surface area contributed by atoms with E-state index in [0.717, 1.165) is 0 Å². The van der Waals surface area contributed by atoms with Crippen LogP contribution in [0.3, 0.4) is 0 Å². The molecule has 1 rings (SSSR count). The Morgan fingerprint density at radius 2 is 1.73 bits per heavy atom. The highest BCUT2D eigenvalue weighted by Crippen LogP contribution is 2.05. The largest absolute Gasteiger partial charge is 0.444 e. The van der Waals surface area contributed by atoms with Gasteiger partial charge in [0.25, 0.3) is 0 Å². The third-order valence-corrected chi connectivity index (χ3v) is 2.23. The molecule has 1 aromatic carbocycles. The van der Waals surface area contributed by atoms with Crippen molar-refractivity contribution in [3.63, 3.8) is 0 Å². The van der Waals surface area contributed by atoms with Crippen LogP contribution < -0.4 is 4.52 Å². The second kappa shape index (κ2) is 2.79. The molecule has 0 aliphatic carbocycles. The molecular formula is C6H5N2O2S. The van der Waals surface area contributed by atoms with E-state index in [4.69, 9.17) is 5.53 Å². The Labute approximate surface area is 64.4 Å². The minimum Gasteiger partial charge on any atom is -0.409 e. The minimum absolute atomic E-state index is 0.0116. The first-order valence-electron chi connectivity index (χ1n) is 2.83. The average molecular weight is 169 g/mol. The van der Waals surface area contributed by atoms with Crippen LogP contribution in [-0.2, 0) is 10.0 Å². The van der Waals surface area contributed by atoms with E-state index in [2.05, 4.69) is 4.52 Å². The van der Waals surface area contributed by atoms with Crippen LogP contribution in [0.2, 0.25) is 0 Å². The van der Waals surface area contributed by atoms with E-state index in [1.807, 2.05) is 0 Å². The fourth-order valence-corrected chi connectivity index (χ4v) is 1.23. The van der Waals surface area contributed by atoms with Gasteiger partial charge in [-0.3, -0.25) is 0 Å². The lowest BCUT2D eigenvalue weighted by atomic mass is 10.4. The van der Waals surface area contributed by atoms with Crippen molar-refractivity contribution in [2.45, 2.75) is 4.90 Å². The summed E-state index contributed by atoms with van der Waals surface area (Å²) in [7, 11) is -3.82. The number of nitrogens with zero attached hydrogens (tertiary/aromatic N) is 2. The van der Waals surface area contributed by atoms with Gasteiger partial charge in [-0.25, -0.2) is 0 Å². The Bertz CT molecular complexity index is 344. The number of rotatable bonds is 2. The highest BCUT2D eigenvalue weighted by Gasteiger charge is 2.18. The van der Waals surface area contributed by atoms with Crippen LogP contribution in [0.15, 0.2) is 35.2 Å². The van der Waals surface area contributed by atoms with Crippen LogP contribution in [-0.4, -0.2) is 8.42 Å². The minimum atomic E-state index is -3.82. The van der Waals surface area contributed by atoms with Crippen LogP contribution in [0.5, 0.6) is 0 Å². The maximum atomic E-state index is 10.8. The standard InChI is InChI=1S/C6H5N2O2S/c7-8-11(9,10)6-4-2-1-3-5-6/h1-5H. The van der Waals surface area contributed by atoms with Crippen molar-refractivity contribution < 1.29 is 8.42 Å². The molecule has 0 N–H and O–H groups in total. The highest BCUT2D eigenvalue weighted by atomic mass is 32.2. The summed E-state index contributed by atoms with van der Waals surface area (Å²) in [5, 5.41) is 0. The van der Waals surface area contributed by atoms with Crippen LogP contribution in [0, 0.1) is 0 Å².